The molecule has 0 fully saturated rings. The van der Waals surface area contributed by atoms with Gasteiger partial charge in [0.15, 0.2) is 0 Å². The summed E-state index contributed by atoms with van der Waals surface area (Å²) in [6.07, 6.45) is 3.06. The van der Waals surface area contributed by atoms with Crippen LogP contribution >= 0.6 is 0 Å². The highest BCUT2D eigenvalue weighted by Gasteiger charge is 2.17. The van der Waals surface area contributed by atoms with E-state index in [1.54, 1.807) is 0 Å². The van der Waals surface area contributed by atoms with Crippen LogP contribution in [-0.4, -0.2) is 5.11 Å². The molecule has 0 saturated heterocycles. The Balaban J connectivity index is 1.86. The van der Waals surface area contributed by atoms with Crippen molar-refractivity contribution < 1.29 is 5.11 Å². The normalized spacial score (nSPS) is 15.8. The molecule has 0 aromatic heterocycles. The van der Waals surface area contributed by atoms with Crippen molar-refractivity contribution in [2.24, 2.45) is 0 Å². The molecule has 1 heteroatoms. The third-order valence-corrected chi connectivity index (χ3v) is 4.53. The SMILES string of the molecule is CC(C)(C)c1ccc(C(O)c2ccc3c(c2)CCC3)cc1. The van der Waals surface area contributed by atoms with Crippen LogP contribution in [0.1, 0.15) is 61.1 Å². The number of aryl methyl sites for hydroxylation is 2. The zero-order valence-electron chi connectivity index (χ0n) is 13.2. The van der Waals surface area contributed by atoms with Crippen molar-refractivity contribution in [3.05, 3.63) is 70.3 Å². The van der Waals surface area contributed by atoms with E-state index in [1.807, 2.05) is 0 Å². The quantitative estimate of drug-likeness (QED) is 0.855. The van der Waals surface area contributed by atoms with E-state index in [9.17, 15) is 5.11 Å². The van der Waals surface area contributed by atoms with Crippen molar-refractivity contribution >= 4 is 0 Å². The number of benzene rings is 2. The molecule has 1 unspecified atom stereocenters. The highest BCUT2D eigenvalue weighted by molar-refractivity contribution is 5.40. The predicted molar refractivity (Wildman–Crippen MR) is 87.7 cm³/mol. The van der Waals surface area contributed by atoms with Crippen molar-refractivity contribution in [2.75, 3.05) is 0 Å². The Labute approximate surface area is 127 Å². The maximum atomic E-state index is 10.6. The molecule has 1 N–H and O–H groups in total. The average molecular weight is 280 g/mol. The van der Waals surface area contributed by atoms with Crippen molar-refractivity contribution in [3.8, 4) is 0 Å². The van der Waals surface area contributed by atoms with Gasteiger partial charge in [0, 0.05) is 0 Å². The van der Waals surface area contributed by atoms with Gasteiger partial charge in [-0.05, 0) is 52.5 Å². The average Bonchev–Trinajstić information content (AvgIpc) is 2.93. The summed E-state index contributed by atoms with van der Waals surface area (Å²) in [5.74, 6) is 0. The molecular weight excluding hydrogens is 256 g/mol. The highest BCUT2D eigenvalue weighted by Crippen LogP contribution is 2.30. The van der Waals surface area contributed by atoms with Crippen molar-refractivity contribution in [1.82, 2.24) is 0 Å². The van der Waals surface area contributed by atoms with Crippen LogP contribution in [0.4, 0.5) is 0 Å². The van der Waals surface area contributed by atoms with Gasteiger partial charge in [0.1, 0.15) is 6.10 Å². The highest BCUT2D eigenvalue weighted by atomic mass is 16.3. The second-order valence-electron chi connectivity index (χ2n) is 7.16. The van der Waals surface area contributed by atoms with Crippen LogP contribution in [0.25, 0.3) is 0 Å². The van der Waals surface area contributed by atoms with E-state index in [4.69, 9.17) is 0 Å². The molecule has 1 aliphatic rings. The van der Waals surface area contributed by atoms with Crippen LogP contribution in [0.2, 0.25) is 0 Å². The van der Waals surface area contributed by atoms with Crippen LogP contribution in [0.15, 0.2) is 42.5 Å². The molecule has 0 heterocycles. The maximum absolute atomic E-state index is 10.6. The Hall–Kier alpha value is -1.60. The Bertz CT molecular complexity index is 632. The minimum atomic E-state index is -0.523. The number of rotatable bonds is 2. The minimum absolute atomic E-state index is 0.150. The largest absolute Gasteiger partial charge is 0.384 e. The van der Waals surface area contributed by atoms with Gasteiger partial charge in [0.25, 0.3) is 0 Å². The molecule has 0 radical (unpaired) electrons. The van der Waals surface area contributed by atoms with Crippen LogP contribution in [0, 0.1) is 0 Å². The summed E-state index contributed by atoms with van der Waals surface area (Å²) >= 11 is 0. The lowest BCUT2D eigenvalue weighted by Gasteiger charge is -2.20. The molecule has 0 aliphatic heterocycles. The van der Waals surface area contributed by atoms with Gasteiger partial charge in [-0.3, -0.25) is 0 Å². The van der Waals surface area contributed by atoms with Gasteiger partial charge >= 0.3 is 0 Å². The number of aliphatic hydroxyl groups is 1. The molecule has 21 heavy (non-hydrogen) atoms. The van der Waals surface area contributed by atoms with Gasteiger partial charge in [-0.1, -0.05) is 63.2 Å². The van der Waals surface area contributed by atoms with Gasteiger partial charge in [0.2, 0.25) is 0 Å². The first-order valence-electron chi connectivity index (χ1n) is 7.85. The van der Waals surface area contributed by atoms with Gasteiger partial charge in [-0.25, -0.2) is 0 Å². The van der Waals surface area contributed by atoms with E-state index in [1.165, 1.54) is 29.5 Å². The number of aliphatic hydroxyl groups excluding tert-OH is 1. The maximum Gasteiger partial charge on any atom is 0.104 e. The molecule has 1 nitrogen and oxygen atoms in total. The molecule has 0 bridgehead atoms. The topological polar surface area (TPSA) is 20.2 Å². The van der Waals surface area contributed by atoms with Crippen molar-refractivity contribution in [3.63, 3.8) is 0 Å². The smallest absolute Gasteiger partial charge is 0.104 e. The molecule has 3 rings (SSSR count). The second-order valence-corrected chi connectivity index (χ2v) is 7.16. The van der Waals surface area contributed by atoms with Crippen molar-refractivity contribution in [1.29, 1.82) is 0 Å². The van der Waals surface area contributed by atoms with E-state index in [0.29, 0.717) is 0 Å². The molecule has 2 aromatic rings. The third kappa shape index (κ3) is 2.89. The van der Waals surface area contributed by atoms with Crippen molar-refractivity contribution in [2.45, 2.75) is 51.6 Å². The first-order chi connectivity index (χ1) is 9.95. The Morgan fingerprint density at radius 1 is 0.857 bits per heavy atom. The fourth-order valence-electron chi connectivity index (χ4n) is 3.12. The third-order valence-electron chi connectivity index (χ3n) is 4.53. The van der Waals surface area contributed by atoms with E-state index in [-0.39, 0.29) is 5.41 Å². The van der Waals surface area contributed by atoms with Crippen LogP contribution in [0.5, 0.6) is 0 Å². The summed E-state index contributed by atoms with van der Waals surface area (Å²) in [7, 11) is 0. The summed E-state index contributed by atoms with van der Waals surface area (Å²) in [6, 6.07) is 14.8. The van der Waals surface area contributed by atoms with E-state index in [0.717, 1.165) is 17.5 Å². The summed E-state index contributed by atoms with van der Waals surface area (Å²) in [6.45, 7) is 6.62. The Morgan fingerprint density at radius 2 is 1.48 bits per heavy atom. The lowest BCUT2D eigenvalue weighted by Crippen LogP contribution is -2.11. The van der Waals surface area contributed by atoms with E-state index < -0.39 is 6.10 Å². The minimum Gasteiger partial charge on any atom is -0.384 e. The van der Waals surface area contributed by atoms with Gasteiger partial charge in [-0.15, -0.1) is 0 Å². The molecule has 0 spiro atoms. The van der Waals surface area contributed by atoms with E-state index in [2.05, 4.69) is 63.2 Å². The van der Waals surface area contributed by atoms with Gasteiger partial charge < -0.3 is 5.11 Å². The summed E-state index contributed by atoms with van der Waals surface area (Å²) in [5, 5.41) is 10.6. The molecule has 1 aliphatic carbocycles. The molecule has 0 saturated carbocycles. The Morgan fingerprint density at radius 3 is 2.14 bits per heavy atom. The molecule has 0 amide bonds. The fourth-order valence-corrected chi connectivity index (χ4v) is 3.12. The lowest BCUT2D eigenvalue weighted by molar-refractivity contribution is 0.220. The standard InChI is InChI=1S/C20H24O/c1-20(2,3)18-11-9-15(10-12-18)19(21)17-8-7-14-5-4-6-16(14)13-17/h7-13,19,21H,4-6H2,1-3H3. The predicted octanol–water partition coefficient (Wildman–Crippen LogP) is 4.55. The first-order valence-corrected chi connectivity index (χ1v) is 7.85. The first kappa shape index (κ1) is 14.3. The van der Waals surface area contributed by atoms with Crippen LogP contribution < -0.4 is 0 Å². The summed E-state index contributed by atoms with van der Waals surface area (Å²) in [4.78, 5) is 0. The number of hydrogen-bond acceptors (Lipinski definition) is 1. The van der Waals surface area contributed by atoms with Gasteiger partial charge in [0.05, 0.1) is 0 Å². The summed E-state index contributed by atoms with van der Waals surface area (Å²) < 4.78 is 0. The van der Waals surface area contributed by atoms with Gasteiger partial charge in [-0.2, -0.15) is 0 Å². The summed E-state index contributed by atoms with van der Waals surface area (Å²) in [5.41, 5.74) is 6.30. The number of fused-ring (bicyclic) bond motifs is 1. The molecule has 1 atom stereocenters. The molecule has 110 valence electrons. The monoisotopic (exact) mass is 280 g/mol. The van der Waals surface area contributed by atoms with Crippen LogP contribution in [-0.2, 0) is 18.3 Å². The fraction of sp³-hybridized carbons (Fsp3) is 0.400. The molecule has 2 aromatic carbocycles. The Kier molecular flexibility index (Phi) is 3.62. The zero-order chi connectivity index (χ0) is 15.0. The number of hydrogen-bond donors (Lipinski definition) is 1. The van der Waals surface area contributed by atoms with E-state index >= 15 is 0 Å². The van der Waals surface area contributed by atoms with Crippen LogP contribution in [0.3, 0.4) is 0 Å². The lowest BCUT2D eigenvalue weighted by atomic mass is 9.86. The molecular formula is C20H24O. The second kappa shape index (κ2) is 5.31. The zero-order valence-corrected chi connectivity index (χ0v) is 13.2.